The van der Waals surface area contributed by atoms with Crippen LogP contribution in [0.25, 0.3) is 11.1 Å². The molecule has 0 spiro atoms. The predicted octanol–water partition coefficient (Wildman–Crippen LogP) is 3.99. The van der Waals surface area contributed by atoms with Crippen molar-refractivity contribution < 1.29 is 24.6 Å². The minimum atomic E-state index is -1.08. The molecule has 0 aliphatic carbocycles. The fourth-order valence-electron chi connectivity index (χ4n) is 3.56. The van der Waals surface area contributed by atoms with Gasteiger partial charge in [0.1, 0.15) is 5.69 Å². The minimum Gasteiger partial charge on any atom is -0.505 e. The lowest BCUT2D eigenvalue weighted by molar-refractivity contribution is -0.117. The fraction of sp³-hybridized carbons (Fsp3) is 0.120. The molecule has 0 saturated carbocycles. The molecular formula is C25H21N5O5. The predicted molar refractivity (Wildman–Crippen MR) is 129 cm³/mol. The van der Waals surface area contributed by atoms with Crippen LogP contribution < -0.4 is 10.3 Å². The Kier molecular flexibility index (Phi) is 6.36. The summed E-state index contributed by atoms with van der Waals surface area (Å²) in [7, 11) is 1.53. The maximum absolute atomic E-state index is 12.9. The van der Waals surface area contributed by atoms with E-state index in [4.69, 9.17) is 0 Å². The summed E-state index contributed by atoms with van der Waals surface area (Å²) >= 11 is 0. The molecule has 176 valence electrons. The first kappa shape index (κ1) is 23.3. The van der Waals surface area contributed by atoms with Crippen LogP contribution in [0.2, 0.25) is 0 Å². The Hall–Kier alpha value is -4.86. The van der Waals surface area contributed by atoms with Crippen molar-refractivity contribution in [3.05, 3.63) is 77.9 Å². The van der Waals surface area contributed by atoms with Crippen molar-refractivity contribution in [2.24, 2.45) is 15.3 Å². The van der Waals surface area contributed by atoms with Crippen LogP contribution in [-0.2, 0) is 4.79 Å². The van der Waals surface area contributed by atoms with Crippen molar-refractivity contribution in [3.63, 3.8) is 0 Å². The zero-order valence-corrected chi connectivity index (χ0v) is 18.8. The number of nitrogens with zero attached hydrogens (tertiary/aromatic N) is 4. The molecule has 3 N–H and O–H groups in total. The standard InChI is InChI=1S/C25H21N5O5/c1-14-21(24(33)30(29-14)18-11-9-15(10-12-18)23(32)26-2)28-27-20-8-4-7-19(22(20)31)16-5-3-6-17(13-16)25(34)35/h3-13,21,31H,1-2H3,(H,26,32)(H,34,35). The summed E-state index contributed by atoms with van der Waals surface area (Å²) < 4.78 is 0. The number of carbonyl (C=O) groups is 3. The third-order valence-corrected chi connectivity index (χ3v) is 5.41. The average Bonchev–Trinajstić information content (AvgIpc) is 3.16. The highest BCUT2D eigenvalue weighted by Gasteiger charge is 2.35. The van der Waals surface area contributed by atoms with E-state index in [-0.39, 0.29) is 22.9 Å². The number of phenolic OH excluding ortho intramolecular Hbond substituents is 1. The number of phenols is 1. The molecule has 1 atom stereocenters. The second kappa shape index (κ2) is 9.56. The van der Waals surface area contributed by atoms with E-state index in [0.717, 1.165) is 0 Å². The maximum Gasteiger partial charge on any atom is 0.335 e. The highest BCUT2D eigenvalue weighted by Crippen LogP contribution is 2.38. The van der Waals surface area contributed by atoms with E-state index in [9.17, 15) is 24.6 Å². The lowest BCUT2D eigenvalue weighted by atomic mass is 10.0. The molecule has 0 saturated heterocycles. The highest BCUT2D eigenvalue weighted by atomic mass is 16.4. The zero-order valence-electron chi connectivity index (χ0n) is 18.8. The molecule has 4 rings (SSSR count). The number of benzene rings is 3. The number of carboxylic acids is 1. The molecule has 1 aliphatic heterocycles. The van der Waals surface area contributed by atoms with Gasteiger partial charge < -0.3 is 15.5 Å². The Morgan fingerprint density at radius 3 is 2.43 bits per heavy atom. The normalized spacial score (nSPS) is 15.4. The van der Waals surface area contributed by atoms with Crippen LogP contribution in [0.1, 0.15) is 27.6 Å². The lowest BCUT2D eigenvalue weighted by Gasteiger charge is -2.13. The largest absolute Gasteiger partial charge is 0.505 e. The quantitative estimate of drug-likeness (QED) is 0.466. The molecule has 35 heavy (non-hydrogen) atoms. The number of amides is 2. The van der Waals surface area contributed by atoms with Gasteiger partial charge in [0.2, 0.25) is 0 Å². The summed E-state index contributed by atoms with van der Waals surface area (Å²) in [5.74, 6) is -1.94. The number of aromatic carboxylic acids is 1. The van der Waals surface area contributed by atoms with Crippen LogP contribution in [0.5, 0.6) is 5.75 Å². The molecular weight excluding hydrogens is 450 g/mol. The second-order valence-electron chi connectivity index (χ2n) is 7.69. The number of rotatable bonds is 6. The average molecular weight is 471 g/mol. The van der Waals surface area contributed by atoms with Gasteiger partial charge in [-0.25, -0.2) is 4.79 Å². The number of para-hydroxylation sites is 1. The Morgan fingerprint density at radius 2 is 1.74 bits per heavy atom. The number of hydrogen-bond donors (Lipinski definition) is 3. The first-order chi connectivity index (χ1) is 16.8. The van der Waals surface area contributed by atoms with Crippen LogP contribution in [-0.4, -0.2) is 46.8 Å². The summed E-state index contributed by atoms with van der Waals surface area (Å²) in [5.41, 5.74) is 2.43. The second-order valence-corrected chi connectivity index (χ2v) is 7.69. The van der Waals surface area contributed by atoms with E-state index in [1.54, 1.807) is 55.5 Å². The number of aromatic hydroxyl groups is 1. The van der Waals surface area contributed by atoms with Crippen molar-refractivity contribution in [3.8, 4) is 16.9 Å². The molecule has 0 fully saturated rings. The van der Waals surface area contributed by atoms with Gasteiger partial charge in [0.05, 0.1) is 17.0 Å². The van der Waals surface area contributed by atoms with Crippen LogP contribution >= 0.6 is 0 Å². The maximum atomic E-state index is 12.9. The molecule has 1 unspecified atom stereocenters. The molecule has 1 heterocycles. The molecule has 0 aromatic heterocycles. The number of anilines is 1. The summed E-state index contributed by atoms with van der Waals surface area (Å²) in [4.78, 5) is 36.0. The molecule has 2 amide bonds. The Morgan fingerprint density at radius 1 is 1.03 bits per heavy atom. The summed E-state index contributed by atoms with van der Waals surface area (Å²) in [5, 5.41) is 36.2. The monoisotopic (exact) mass is 471 g/mol. The Balaban J connectivity index is 1.57. The van der Waals surface area contributed by atoms with Crippen LogP contribution in [0.3, 0.4) is 0 Å². The number of hydrogen-bond acceptors (Lipinski definition) is 7. The van der Waals surface area contributed by atoms with Crippen molar-refractivity contribution in [2.45, 2.75) is 13.0 Å². The highest BCUT2D eigenvalue weighted by molar-refractivity contribution is 6.18. The van der Waals surface area contributed by atoms with Crippen LogP contribution in [0.4, 0.5) is 11.4 Å². The van der Waals surface area contributed by atoms with Crippen molar-refractivity contribution >= 4 is 34.9 Å². The lowest BCUT2D eigenvalue weighted by Crippen LogP contribution is -2.29. The molecule has 0 bridgehead atoms. The van der Waals surface area contributed by atoms with E-state index in [1.807, 2.05) is 0 Å². The van der Waals surface area contributed by atoms with E-state index in [1.165, 1.54) is 30.3 Å². The Bertz CT molecular complexity index is 1380. The molecule has 3 aromatic carbocycles. The number of azo groups is 1. The number of hydrazone groups is 1. The number of nitrogens with one attached hydrogen (secondary N) is 1. The number of carbonyl (C=O) groups excluding carboxylic acids is 2. The minimum absolute atomic E-state index is 0.0840. The molecule has 10 heteroatoms. The third-order valence-electron chi connectivity index (χ3n) is 5.41. The smallest absolute Gasteiger partial charge is 0.335 e. The van der Waals surface area contributed by atoms with Crippen LogP contribution in [0, 0.1) is 0 Å². The van der Waals surface area contributed by atoms with Gasteiger partial charge in [0.25, 0.3) is 11.8 Å². The van der Waals surface area contributed by atoms with E-state index < -0.39 is 17.9 Å². The molecule has 3 aromatic rings. The van der Waals surface area contributed by atoms with Gasteiger partial charge in [0.15, 0.2) is 11.8 Å². The van der Waals surface area contributed by atoms with Gasteiger partial charge in [-0.3, -0.25) is 9.59 Å². The summed E-state index contributed by atoms with van der Waals surface area (Å²) in [6, 6.07) is 16.4. The summed E-state index contributed by atoms with van der Waals surface area (Å²) in [6.07, 6.45) is 0. The van der Waals surface area contributed by atoms with Crippen molar-refractivity contribution in [1.29, 1.82) is 0 Å². The SMILES string of the molecule is CNC(=O)c1ccc(N2N=C(C)C(N=Nc3cccc(-c4cccc(C(=O)O)c4)c3O)C2=O)cc1. The van der Waals surface area contributed by atoms with Gasteiger partial charge >= 0.3 is 5.97 Å². The van der Waals surface area contributed by atoms with E-state index in [0.29, 0.717) is 28.1 Å². The van der Waals surface area contributed by atoms with E-state index in [2.05, 4.69) is 20.6 Å². The van der Waals surface area contributed by atoms with Crippen molar-refractivity contribution in [2.75, 3.05) is 12.1 Å². The van der Waals surface area contributed by atoms with Gasteiger partial charge in [-0.15, -0.1) is 0 Å². The third kappa shape index (κ3) is 4.62. The van der Waals surface area contributed by atoms with Gasteiger partial charge in [-0.05, 0) is 55.0 Å². The fourth-order valence-corrected chi connectivity index (χ4v) is 3.56. The summed E-state index contributed by atoms with van der Waals surface area (Å²) in [6.45, 7) is 1.65. The molecule has 10 nitrogen and oxygen atoms in total. The first-order valence-corrected chi connectivity index (χ1v) is 10.6. The first-order valence-electron chi connectivity index (χ1n) is 10.6. The van der Waals surface area contributed by atoms with Crippen LogP contribution in [0.15, 0.2) is 82.1 Å². The molecule has 1 aliphatic rings. The van der Waals surface area contributed by atoms with Gasteiger partial charge in [-0.1, -0.05) is 24.3 Å². The van der Waals surface area contributed by atoms with Crippen molar-refractivity contribution in [1.82, 2.24) is 5.32 Å². The topological polar surface area (TPSA) is 144 Å². The molecule has 0 radical (unpaired) electrons. The van der Waals surface area contributed by atoms with Gasteiger partial charge in [0, 0.05) is 18.2 Å². The number of carboxylic acid groups (broad SMARTS) is 1. The van der Waals surface area contributed by atoms with E-state index >= 15 is 0 Å². The van der Waals surface area contributed by atoms with Gasteiger partial charge in [-0.2, -0.15) is 20.3 Å². The Labute approximate surface area is 200 Å². The zero-order chi connectivity index (χ0) is 25.1.